The van der Waals surface area contributed by atoms with Gasteiger partial charge < -0.3 is 4.74 Å². The van der Waals surface area contributed by atoms with Crippen LogP contribution in [0, 0.1) is 5.82 Å². The van der Waals surface area contributed by atoms with Crippen molar-refractivity contribution in [2.24, 2.45) is 5.10 Å². The average molecular weight is 300 g/mol. The lowest BCUT2D eigenvalue weighted by Gasteiger charge is -2.12. The Kier molecular flexibility index (Phi) is 5.25. The van der Waals surface area contributed by atoms with Crippen molar-refractivity contribution in [3.63, 3.8) is 0 Å². The largest absolute Gasteiger partial charge is 0.490 e. The third kappa shape index (κ3) is 4.15. The summed E-state index contributed by atoms with van der Waals surface area (Å²) in [6.45, 7) is 3.76. The highest BCUT2D eigenvalue weighted by molar-refractivity contribution is 5.97. The molecule has 0 unspecified atom stereocenters. The fourth-order valence-corrected chi connectivity index (χ4v) is 1.81. The van der Waals surface area contributed by atoms with E-state index in [0.717, 1.165) is 0 Å². The number of para-hydroxylation sites is 1. The molecule has 0 aliphatic rings. The third-order valence-electron chi connectivity index (χ3n) is 2.77. The highest BCUT2D eigenvalue weighted by Crippen LogP contribution is 2.19. The van der Waals surface area contributed by atoms with Gasteiger partial charge in [-0.25, -0.2) is 9.82 Å². The fraction of sp³-hybridized carbons (Fsp3) is 0.176. The number of hydrogen-bond donors (Lipinski definition) is 1. The number of rotatable bonds is 5. The maximum absolute atomic E-state index is 13.4. The van der Waals surface area contributed by atoms with Crippen LogP contribution >= 0.6 is 0 Å². The zero-order chi connectivity index (χ0) is 15.9. The van der Waals surface area contributed by atoms with E-state index in [1.54, 1.807) is 42.5 Å². The summed E-state index contributed by atoms with van der Waals surface area (Å²) in [5.74, 6) is -0.330. The van der Waals surface area contributed by atoms with Crippen LogP contribution in [0.1, 0.15) is 29.8 Å². The lowest BCUT2D eigenvalue weighted by Crippen LogP contribution is -2.19. The summed E-state index contributed by atoms with van der Waals surface area (Å²) in [4.78, 5) is 12.1. The highest BCUT2D eigenvalue weighted by atomic mass is 19.1. The van der Waals surface area contributed by atoms with Crippen LogP contribution in [0.3, 0.4) is 0 Å². The number of benzene rings is 2. The van der Waals surface area contributed by atoms with Crippen molar-refractivity contribution >= 4 is 12.1 Å². The molecule has 1 N–H and O–H groups in total. The number of ether oxygens (including phenoxy) is 1. The Hall–Kier alpha value is -2.69. The van der Waals surface area contributed by atoms with E-state index in [9.17, 15) is 9.18 Å². The van der Waals surface area contributed by atoms with E-state index in [1.165, 1.54) is 12.3 Å². The van der Waals surface area contributed by atoms with Gasteiger partial charge >= 0.3 is 0 Å². The van der Waals surface area contributed by atoms with E-state index >= 15 is 0 Å². The van der Waals surface area contributed by atoms with Gasteiger partial charge in [0.15, 0.2) is 0 Å². The lowest BCUT2D eigenvalue weighted by atomic mass is 10.2. The number of hydrazone groups is 1. The maximum atomic E-state index is 13.4. The van der Waals surface area contributed by atoms with Crippen molar-refractivity contribution in [2.45, 2.75) is 20.0 Å². The van der Waals surface area contributed by atoms with E-state index in [2.05, 4.69) is 10.5 Å². The van der Waals surface area contributed by atoms with E-state index in [-0.39, 0.29) is 6.10 Å². The van der Waals surface area contributed by atoms with Crippen LogP contribution in [0.4, 0.5) is 4.39 Å². The number of carbonyl (C=O) groups is 1. The van der Waals surface area contributed by atoms with Crippen LogP contribution in [0.15, 0.2) is 53.6 Å². The summed E-state index contributed by atoms with van der Waals surface area (Å²) in [6.07, 6.45) is 1.22. The summed E-state index contributed by atoms with van der Waals surface area (Å²) in [5.41, 5.74) is 3.05. The molecule has 0 spiro atoms. The molecule has 0 aliphatic carbocycles. The van der Waals surface area contributed by atoms with Crippen LogP contribution in [-0.2, 0) is 0 Å². The minimum absolute atomic E-state index is 0.0455. The quantitative estimate of drug-likeness (QED) is 0.680. The Balaban J connectivity index is 2.08. The monoisotopic (exact) mass is 300 g/mol. The van der Waals surface area contributed by atoms with Crippen LogP contribution in [0.2, 0.25) is 0 Å². The van der Waals surface area contributed by atoms with Gasteiger partial charge in [0.2, 0.25) is 0 Å². The standard InChI is InChI=1S/C17H17FN2O2/c1-12(2)22-16-10-6-4-8-14(16)17(21)20-19-11-13-7-3-5-9-15(13)18/h3-12H,1-2H3,(H,20,21)/b19-11-. The van der Waals surface area contributed by atoms with Gasteiger partial charge in [0.1, 0.15) is 11.6 Å². The Morgan fingerprint density at radius 2 is 1.86 bits per heavy atom. The van der Waals surface area contributed by atoms with Gasteiger partial charge in [-0.1, -0.05) is 30.3 Å². The molecule has 114 valence electrons. The zero-order valence-electron chi connectivity index (χ0n) is 12.4. The Bertz CT molecular complexity index is 684. The maximum Gasteiger partial charge on any atom is 0.275 e. The van der Waals surface area contributed by atoms with E-state index in [1.807, 2.05) is 13.8 Å². The molecule has 0 fully saturated rings. The molecule has 0 aromatic heterocycles. The molecular formula is C17H17FN2O2. The first-order valence-electron chi connectivity index (χ1n) is 6.91. The molecule has 0 saturated carbocycles. The van der Waals surface area contributed by atoms with E-state index < -0.39 is 11.7 Å². The Morgan fingerprint density at radius 1 is 1.18 bits per heavy atom. The van der Waals surface area contributed by atoms with E-state index in [0.29, 0.717) is 16.9 Å². The summed E-state index contributed by atoms with van der Waals surface area (Å²) >= 11 is 0. The van der Waals surface area contributed by atoms with Gasteiger partial charge in [-0.2, -0.15) is 5.10 Å². The first-order chi connectivity index (χ1) is 10.6. The molecule has 0 atom stereocenters. The normalized spacial score (nSPS) is 10.9. The molecular weight excluding hydrogens is 283 g/mol. The highest BCUT2D eigenvalue weighted by Gasteiger charge is 2.12. The summed E-state index contributed by atoms with van der Waals surface area (Å²) < 4.78 is 19.0. The molecule has 2 rings (SSSR count). The molecule has 5 heteroatoms. The predicted molar refractivity (Wildman–Crippen MR) is 83.7 cm³/mol. The number of nitrogens with one attached hydrogen (secondary N) is 1. The number of amides is 1. The molecule has 1 amide bonds. The predicted octanol–water partition coefficient (Wildman–Crippen LogP) is 3.38. The number of hydrogen-bond acceptors (Lipinski definition) is 3. The second-order valence-corrected chi connectivity index (χ2v) is 4.88. The van der Waals surface area contributed by atoms with E-state index in [4.69, 9.17) is 4.74 Å². The molecule has 0 radical (unpaired) electrons. The summed E-state index contributed by atoms with van der Waals surface area (Å²) in [6, 6.07) is 13.1. The van der Waals surface area contributed by atoms with Crippen LogP contribution in [-0.4, -0.2) is 18.2 Å². The zero-order valence-corrected chi connectivity index (χ0v) is 12.4. The summed E-state index contributed by atoms with van der Waals surface area (Å²) in [7, 11) is 0. The molecule has 2 aromatic carbocycles. The van der Waals surface area contributed by atoms with Gasteiger partial charge in [0.05, 0.1) is 17.9 Å². The second kappa shape index (κ2) is 7.36. The second-order valence-electron chi connectivity index (χ2n) is 4.88. The first-order valence-corrected chi connectivity index (χ1v) is 6.91. The number of halogens is 1. The van der Waals surface area contributed by atoms with Gasteiger partial charge in [0.25, 0.3) is 5.91 Å². The third-order valence-corrected chi connectivity index (χ3v) is 2.77. The molecule has 0 heterocycles. The van der Waals surface area contributed by atoms with Crippen molar-refractivity contribution in [3.8, 4) is 5.75 Å². The van der Waals surface area contributed by atoms with Crippen molar-refractivity contribution in [1.29, 1.82) is 0 Å². The van der Waals surface area contributed by atoms with Crippen molar-refractivity contribution in [3.05, 3.63) is 65.5 Å². The molecule has 22 heavy (non-hydrogen) atoms. The Morgan fingerprint density at radius 3 is 2.59 bits per heavy atom. The van der Waals surface area contributed by atoms with Crippen LogP contribution < -0.4 is 10.2 Å². The van der Waals surface area contributed by atoms with Gasteiger partial charge in [-0.15, -0.1) is 0 Å². The van der Waals surface area contributed by atoms with Gasteiger partial charge in [-0.05, 0) is 32.0 Å². The minimum atomic E-state index is -0.413. The molecule has 0 aliphatic heterocycles. The van der Waals surface area contributed by atoms with Gasteiger partial charge in [0, 0.05) is 5.56 Å². The lowest BCUT2D eigenvalue weighted by molar-refractivity contribution is 0.0949. The van der Waals surface area contributed by atoms with Crippen LogP contribution in [0.25, 0.3) is 0 Å². The van der Waals surface area contributed by atoms with Crippen molar-refractivity contribution in [2.75, 3.05) is 0 Å². The molecule has 2 aromatic rings. The molecule has 4 nitrogen and oxygen atoms in total. The molecule has 0 saturated heterocycles. The number of nitrogens with zero attached hydrogens (tertiary/aromatic N) is 1. The topological polar surface area (TPSA) is 50.7 Å². The average Bonchev–Trinajstić information content (AvgIpc) is 2.49. The van der Waals surface area contributed by atoms with Crippen LogP contribution in [0.5, 0.6) is 5.75 Å². The first kappa shape index (κ1) is 15.7. The molecule has 0 bridgehead atoms. The SMILES string of the molecule is CC(C)Oc1ccccc1C(=O)N/N=C\c1ccccc1F. The summed E-state index contributed by atoms with van der Waals surface area (Å²) in [5, 5.41) is 3.78. The fourth-order valence-electron chi connectivity index (χ4n) is 1.81. The van der Waals surface area contributed by atoms with Crippen molar-refractivity contribution in [1.82, 2.24) is 5.43 Å². The van der Waals surface area contributed by atoms with Gasteiger partial charge in [-0.3, -0.25) is 4.79 Å². The Labute approximate surface area is 128 Å². The van der Waals surface area contributed by atoms with Crippen molar-refractivity contribution < 1.29 is 13.9 Å². The number of carbonyl (C=O) groups excluding carboxylic acids is 1. The smallest absolute Gasteiger partial charge is 0.275 e. The minimum Gasteiger partial charge on any atom is -0.490 e.